The maximum atomic E-state index is 10.9. The molecule has 88 valence electrons. The van der Waals surface area contributed by atoms with Gasteiger partial charge in [0.15, 0.2) is 0 Å². The zero-order valence-electron chi connectivity index (χ0n) is 10.1. The average molecular weight is 221 g/mol. The molecule has 0 amide bonds. The van der Waals surface area contributed by atoms with Gasteiger partial charge in [0, 0.05) is 6.54 Å². The van der Waals surface area contributed by atoms with Crippen molar-refractivity contribution in [1.82, 2.24) is 0 Å². The SMILES string of the molecule is Cc1cc(C)c(CC(CN)C(=O)O)c(C)c1. The van der Waals surface area contributed by atoms with E-state index in [1.165, 1.54) is 5.56 Å². The topological polar surface area (TPSA) is 63.3 Å². The minimum Gasteiger partial charge on any atom is -0.481 e. The number of carboxylic acid groups (broad SMARTS) is 1. The first-order valence-corrected chi connectivity index (χ1v) is 5.45. The molecule has 0 aromatic heterocycles. The molecule has 1 aromatic rings. The van der Waals surface area contributed by atoms with Crippen LogP contribution in [-0.2, 0) is 11.2 Å². The summed E-state index contributed by atoms with van der Waals surface area (Å²) in [5.74, 6) is -1.30. The lowest BCUT2D eigenvalue weighted by Crippen LogP contribution is -2.26. The lowest BCUT2D eigenvalue weighted by Gasteiger charge is -2.15. The van der Waals surface area contributed by atoms with E-state index in [9.17, 15) is 4.79 Å². The molecule has 0 aliphatic heterocycles. The third-order valence-electron chi connectivity index (χ3n) is 2.92. The van der Waals surface area contributed by atoms with E-state index in [0.717, 1.165) is 16.7 Å². The Morgan fingerprint density at radius 2 is 1.81 bits per heavy atom. The molecular formula is C13H19NO2. The third kappa shape index (κ3) is 2.83. The molecule has 3 N–H and O–H groups in total. The monoisotopic (exact) mass is 221 g/mol. The quantitative estimate of drug-likeness (QED) is 0.815. The molecule has 0 fully saturated rings. The summed E-state index contributed by atoms with van der Waals surface area (Å²) in [7, 11) is 0. The summed E-state index contributed by atoms with van der Waals surface area (Å²) < 4.78 is 0. The molecule has 16 heavy (non-hydrogen) atoms. The maximum absolute atomic E-state index is 10.9. The van der Waals surface area contributed by atoms with Crippen LogP contribution in [0.1, 0.15) is 22.3 Å². The Balaban J connectivity index is 3.01. The van der Waals surface area contributed by atoms with Crippen LogP contribution in [0.25, 0.3) is 0 Å². The predicted octanol–water partition coefficient (Wildman–Crippen LogP) is 1.81. The van der Waals surface area contributed by atoms with Gasteiger partial charge < -0.3 is 10.8 Å². The van der Waals surface area contributed by atoms with Crippen molar-refractivity contribution in [3.8, 4) is 0 Å². The number of benzene rings is 1. The number of hydrogen-bond donors (Lipinski definition) is 2. The van der Waals surface area contributed by atoms with Crippen LogP contribution in [0.4, 0.5) is 0 Å². The van der Waals surface area contributed by atoms with Crippen molar-refractivity contribution < 1.29 is 9.90 Å². The Morgan fingerprint density at radius 3 is 2.19 bits per heavy atom. The van der Waals surface area contributed by atoms with Crippen molar-refractivity contribution in [2.45, 2.75) is 27.2 Å². The van der Waals surface area contributed by atoms with Crippen molar-refractivity contribution >= 4 is 5.97 Å². The van der Waals surface area contributed by atoms with E-state index >= 15 is 0 Å². The molecule has 1 aromatic carbocycles. The Morgan fingerprint density at radius 1 is 1.31 bits per heavy atom. The fourth-order valence-corrected chi connectivity index (χ4v) is 2.05. The van der Waals surface area contributed by atoms with E-state index in [1.807, 2.05) is 20.8 Å². The molecule has 0 radical (unpaired) electrons. The highest BCUT2D eigenvalue weighted by Gasteiger charge is 2.18. The molecule has 0 aliphatic carbocycles. The van der Waals surface area contributed by atoms with Gasteiger partial charge in [-0.05, 0) is 43.9 Å². The van der Waals surface area contributed by atoms with E-state index in [4.69, 9.17) is 10.8 Å². The van der Waals surface area contributed by atoms with Gasteiger partial charge in [-0.2, -0.15) is 0 Å². The van der Waals surface area contributed by atoms with E-state index in [0.29, 0.717) is 6.42 Å². The van der Waals surface area contributed by atoms with Crippen molar-refractivity contribution in [3.63, 3.8) is 0 Å². The first-order chi connectivity index (χ1) is 7.45. The number of rotatable bonds is 4. The minimum atomic E-state index is -0.818. The Kier molecular flexibility index (Phi) is 4.07. The molecule has 0 saturated heterocycles. The van der Waals surface area contributed by atoms with Gasteiger partial charge in [0.2, 0.25) is 0 Å². The second kappa shape index (κ2) is 5.12. The number of aryl methyl sites for hydroxylation is 3. The highest BCUT2D eigenvalue weighted by atomic mass is 16.4. The number of hydrogen-bond acceptors (Lipinski definition) is 2. The Bertz CT molecular complexity index is 376. The number of carboxylic acids is 1. The van der Waals surface area contributed by atoms with Crippen molar-refractivity contribution in [2.75, 3.05) is 6.54 Å². The van der Waals surface area contributed by atoms with Gasteiger partial charge >= 0.3 is 5.97 Å². The summed E-state index contributed by atoms with van der Waals surface area (Å²) in [6, 6.07) is 4.16. The summed E-state index contributed by atoms with van der Waals surface area (Å²) in [5, 5.41) is 8.99. The normalized spacial score (nSPS) is 12.5. The minimum absolute atomic E-state index is 0.183. The van der Waals surface area contributed by atoms with Gasteiger partial charge in [-0.3, -0.25) is 4.79 Å². The fourth-order valence-electron chi connectivity index (χ4n) is 2.05. The molecule has 0 saturated carbocycles. The van der Waals surface area contributed by atoms with Gasteiger partial charge in [-0.15, -0.1) is 0 Å². The predicted molar refractivity (Wildman–Crippen MR) is 64.5 cm³/mol. The van der Waals surface area contributed by atoms with Gasteiger partial charge in [0.25, 0.3) is 0 Å². The molecule has 0 heterocycles. The van der Waals surface area contributed by atoms with Crippen LogP contribution in [0, 0.1) is 26.7 Å². The van der Waals surface area contributed by atoms with E-state index in [2.05, 4.69) is 12.1 Å². The van der Waals surface area contributed by atoms with Crippen LogP contribution in [0.3, 0.4) is 0 Å². The fraction of sp³-hybridized carbons (Fsp3) is 0.462. The van der Waals surface area contributed by atoms with Gasteiger partial charge in [0.05, 0.1) is 5.92 Å². The summed E-state index contributed by atoms with van der Waals surface area (Å²) in [6.07, 6.45) is 0.518. The van der Waals surface area contributed by atoms with Crippen molar-refractivity contribution in [2.24, 2.45) is 11.7 Å². The highest BCUT2D eigenvalue weighted by molar-refractivity contribution is 5.70. The largest absolute Gasteiger partial charge is 0.481 e. The molecule has 0 aliphatic rings. The number of carbonyl (C=O) groups is 1. The molecule has 1 unspecified atom stereocenters. The maximum Gasteiger partial charge on any atom is 0.308 e. The molecule has 0 spiro atoms. The van der Waals surface area contributed by atoms with Crippen LogP contribution in [0.5, 0.6) is 0 Å². The standard InChI is InChI=1S/C13H19NO2/c1-8-4-9(2)12(10(3)5-8)6-11(7-14)13(15)16/h4-5,11H,6-7,14H2,1-3H3,(H,15,16). The van der Waals surface area contributed by atoms with Crippen LogP contribution in [0.15, 0.2) is 12.1 Å². The van der Waals surface area contributed by atoms with Crippen LogP contribution in [0.2, 0.25) is 0 Å². The summed E-state index contributed by atoms with van der Waals surface area (Å²) >= 11 is 0. The summed E-state index contributed by atoms with van der Waals surface area (Å²) in [5.41, 5.74) is 10.1. The zero-order chi connectivity index (χ0) is 12.3. The van der Waals surface area contributed by atoms with Gasteiger partial charge in [-0.25, -0.2) is 0 Å². The summed E-state index contributed by atoms with van der Waals surface area (Å²) in [6.45, 7) is 6.26. The molecule has 3 nitrogen and oxygen atoms in total. The average Bonchev–Trinajstić information content (AvgIpc) is 2.15. The first kappa shape index (κ1) is 12.7. The van der Waals surface area contributed by atoms with Gasteiger partial charge in [-0.1, -0.05) is 17.7 Å². The highest BCUT2D eigenvalue weighted by Crippen LogP contribution is 2.19. The third-order valence-corrected chi connectivity index (χ3v) is 2.92. The van der Waals surface area contributed by atoms with E-state index < -0.39 is 11.9 Å². The lowest BCUT2D eigenvalue weighted by atomic mass is 9.91. The van der Waals surface area contributed by atoms with Crippen molar-refractivity contribution in [3.05, 3.63) is 34.4 Å². The van der Waals surface area contributed by atoms with Crippen molar-refractivity contribution in [1.29, 1.82) is 0 Å². The smallest absolute Gasteiger partial charge is 0.308 e. The zero-order valence-corrected chi connectivity index (χ0v) is 10.1. The van der Waals surface area contributed by atoms with E-state index in [1.54, 1.807) is 0 Å². The van der Waals surface area contributed by atoms with Crippen LogP contribution >= 0.6 is 0 Å². The summed E-state index contributed by atoms with van der Waals surface area (Å²) in [4.78, 5) is 10.9. The van der Waals surface area contributed by atoms with Crippen LogP contribution in [-0.4, -0.2) is 17.6 Å². The van der Waals surface area contributed by atoms with Crippen LogP contribution < -0.4 is 5.73 Å². The molecule has 0 bridgehead atoms. The molecule has 3 heteroatoms. The Labute approximate surface area is 96.3 Å². The molecule has 1 rings (SSSR count). The molecule has 1 atom stereocenters. The van der Waals surface area contributed by atoms with Gasteiger partial charge in [0.1, 0.15) is 0 Å². The number of nitrogens with two attached hydrogens (primary N) is 1. The van der Waals surface area contributed by atoms with E-state index in [-0.39, 0.29) is 6.54 Å². The molecular weight excluding hydrogens is 202 g/mol. The lowest BCUT2D eigenvalue weighted by molar-refractivity contribution is -0.141. The number of aliphatic carboxylic acids is 1. The first-order valence-electron chi connectivity index (χ1n) is 5.45. The second-order valence-electron chi connectivity index (χ2n) is 4.35. The Hall–Kier alpha value is -1.35. The second-order valence-corrected chi connectivity index (χ2v) is 4.35.